The highest BCUT2D eigenvalue weighted by Crippen LogP contribution is 2.30. The summed E-state index contributed by atoms with van der Waals surface area (Å²) in [5.74, 6) is 0.109. The Hall–Kier alpha value is -4.01. The van der Waals surface area contributed by atoms with Gasteiger partial charge in [-0.3, -0.25) is 4.79 Å². The van der Waals surface area contributed by atoms with Gasteiger partial charge in [0.05, 0.1) is 29.8 Å². The highest BCUT2D eigenvalue weighted by atomic mass is 19.1. The van der Waals surface area contributed by atoms with Crippen LogP contribution in [0.3, 0.4) is 0 Å². The molecule has 1 aliphatic heterocycles. The molecule has 1 unspecified atom stereocenters. The number of nitrogens with one attached hydrogen (secondary N) is 2. The largest absolute Gasteiger partial charge is 0.368 e. The lowest BCUT2D eigenvalue weighted by molar-refractivity contribution is -0.120. The molecule has 2 aromatic carbocycles. The first-order valence-corrected chi connectivity index (χ1v) is 10.8. The molecule has 4 aromatic rings. The van der Waals surface area contributed by atoms with Crippen molar-refractivity contribution in [2.24, 2.45) is 5.92 Å². The number of imidazole rings is 1. The average Bonchev–Trinajstić information content (AvgIpc) is 3.52. The summed E-state index contributed by atoms with van der Waals surface area (Å²) in [6.07, 6.45) is 4.94. The van der Waals surface area contributed by atoms with Crippen molar-refractivity contribution in [3.05, 3.63) is 66.6 Å². The average molecular weight is 446 g/mol. The molecule has 0 spiro atoms. The van der Waals surface area contributed by atoms with Crippen LogP contribution in [0.25, 0.3) is 22.7 Å². The van der Waals surface area contributed by atoms with E-state index in [1.54, 1.807) is 31.6 Å². The molecule has 1 atom stereocenters. The lowest BCUT2D eigenvalue weighted by atomic mass is 9.96. The fourth-order valence-corrected chi connectivity index (χ4v) is 4.11. The van der Waals surface area contributed by atoms with Gasteiger partial charge in [0.2, 0.25) is 5.91 Å². The number of aromatic amines is 1. The lowest BCUT2D eigenvalue weighted by Crippen LogP contribution is -2.41. The van der Waals surface area contributed by atoms with Crippen molar-refractivity contribution in [2.45, 2.75) is 19.8 Å². The number of rotatable bonds is 5. The van der Waals surface area contributed by atoms with Crippen molar-refractivity contribution in [2.75, 3.05) is 23.3 Å². The number of anilines is 2. The zero-order valence-electron chi connectivity index (χ0n) is 18.1. The minimum atomic E-state index is -0.376. The first kappa shape index (κ1) is 20.9. The Kier molecular flexibility index (Phi) is 5.60. The Bertz CT molecular complexity index is 1250. The van der Waals surface area contributed by atoms with E-state index >= 15 is 0 Å². The molecule has 2 N–H and O–H groups in total. The standard InChI is InChI=1S/C24H23FN6O2/c1-15-28-24(33-30-15)17-6-9-22(20(25)11-17)31-10-2-3-18(13-31)23(32)29-19-7-4-16(5-8-19)21-12-26-14-27-21/h4-9,11-12,14,18H,2-3,10,13H2,1H3,(H,26,27)(H,29,32). The van der Waals surface area contributed by atoms with E-state index in [9.17, 15) is 9.18 Å². The van der Waals surface area contributed by atoms with Crippen molar-refractivity contribution >= 4 is 17.3 Å². The zero-order valence-corrected chi connectivity index (χ0v) is 18.1. The monoisotopic (exact) mass is 446 g/mol. The highest BCUT2D eigenvalue weighted by molar-refractivity contribution is 5.93. The number of amides is 1. The Labute approximate surface area is 189 Å². The number of hydrogen-bond donors (Lipinski definition) is 2. The second-order valence-corrected chi connectivity index (χ2v) is 8.13. The molecular weight excluding hydrogens is 423 g/mol. The van der Waals surface area contributed by atoms with E-state index in [0.717, 1.165) is 29.8 Å². The van der Waals surface area contributed by atoms with E-state index in [-0.39, 0.29) is 23.5 Å². The van der Waals surface area contributed by atoms with Crippen molar-refractivity contribution in [3.8, 4) is 22.7 Å². The molecule has 1 aliphatic rings. The summed E-state index contributed by atoms with van der Waals surface area (Å²) in [4.78, 5) is 26.1. The summed E-state index contributed by atoms with van der Waals surface area (Å²) in [5, 5.41) is 6.74. The van der Waals surface area contributed by atoms with Gasteiger partial charge < -0.3 is 19.7 Å². The van der Waals surface area contributed by atoms with Crippen molar-refractivity contribution in [3.63, 3.8) is 0 Å². The van der Waals surface area contributed by atoms with Gasteiger partial charge in [-0.25, -0.2) is 9.37 Å². The topological polar surface area (TPSA) is 99.9 Å². The number of nitrogens with zero attached hydrogens (tertiary/aromatic N) is 4. The van der Waals surface area contributed by atoms with E-state index in [4.69, 9.17) is 4.52 Å². The van der Waals surface area contributed by atoms with Crippen LogP contribution in [0.2, 0.25) is 0 Å². The number of piperidine rings is 1. The third kappa shape index (κ3) is 4.48. The van der Waals surface area contributed by atoms with Crippen LogP contribution in [0.15, 0.2) is 59.5 Å². The summed E-state index contributed by atoms with van der Waals surface area (Å²) < 4.78 is 20.0. The van der Waals surface area contributed by atoms with E-state index < -0.39 is 0 Å². The summed E-state index contributed by atoms with van der Waals surface area (Å²) >= 11 is 0. The van der Waals surface area contributed by atoms with Gasteiger partial charge in [0.15, 0.2) is 5.82 Å². The predicted octanol–water partition coefficient (Wildman–Crippen LogP) is 4.43. The van der Waals surface area contributed by atoms with Crippen LogP contribution in [-0.4, -0.2) is 39.1 Å². The van der Waals surface area contributed by atoms with E-state index in [0.29, 0.717) is 30.2 Å². The quantitative estimate of drug-likeness (QED) is 0.471. The molecule has 5 rings (SSSR count). The molecule has 0 saturated carbocycles. The van der Waals surface area contributed by atoms with E-state index in [2.05, 4.69) is 25.4 Å². The number of H-pyrrole nitrogens is 1. The molecule has 1 fully saturated rings. The van der Waals surface area contributed by atoms with Gasteiger partial charge in [-0.15, -0.1) is 0 Å². The van der Waals surface area contributed by atoms with Crippen LogP contribution in [-0.2, 0) is 4.79 Å². The summed E-state index contributed by atoms with van der Waals surface area (Å²) in [6.45, 7) is 2.86. The normalized spacial score (nSPS) is 16.1. The molecule has 3 heterocycles. The van der Waals surface area contributed by atoms with Crippen LogP contribution in [0.4, 0.5) is 15.8 Å². The fourth-order valence-electron chi connectivity index (χ4n) is 4.11. The number of halogens is 1. The van der Waals surface area contributed by atoms with Gasteiger partial charge in [0.1, 0.15) is 5.82 Å². The minimum Gasteiger partial charge on any atom is -0.368 e. The number of benzene rings is 2. The van der Waals surface area contributed by atoms with Gasteiger partial charge in [-0.1, -0.05) is 17.3 Å². The summed E-state index contributed by atoms with van der Waals surface area (Å²) in [5.41, 5.74) is 3.63. The third-order valence-corrected chi connectivity index (χ3v) is 5.82. The van der Waals surface area contributed by atoms with Gasteiger partial charge in [-0.2, -0.15) is 4.98 Å². The predicted molar refractivity (Wildman–Crippen MR) is 122 cm³/mol. The molecule has 0 bridgehead atoms. The molecule has 2 aromatic heterocycles. The van der Waals surface area contributed by atoms with Crippen molar-refractivity contribution < 1.29 is 13.7 Å². The summed E-state index contributed by atoms with van der Waals surface area (Å²) in [6, 6.07) is 12.5. The Morgan fingerprint density at radius 3 is 2.73 bits per heavy atom. The van der Waals surface area contributed by atoms with Crippen molar-refractivity contribution in [1.82, 2.24) is 20.1 Å². The van der Waals surface area contributed by atoms with Crippen LogP contribution in [0, 0.1) is 18.7 Å². The zero-order chi connectivity index (χ0) is 22.8. The first-order chi connectivity index (χ1) is 16.1. The number of carbonyl (C=O) groups excluding carboxylic acids is 1. The number of carbonyl (C=O) groups is 1. The molecule has 8 nitrogen and oxygen atoms in total. The number of aryl methyl sites for hydroxylation is 1. The molecule has 1 amide bonds. The summed E-state index contributed by atoms with van der Waals surface area (Å²) in [7, 11) is 0. The molecule has 9 heteroatoms. The molecule has 0 radical (unpaired) electrons. The first-order valence-electron chi connectivity index (χ1n) is 10.8. The van der Waals surface area contributed by atoms with Gasteiger partial charge in [0, 0.05) is 24.3 Å². The van der Waals surface area contributed by atoms with E-state index in [1.807, 2.05) is 29.2 Å². The maximum Gasteiger partial charge on any atom is 0.258 e. The molecule has 168 valence electrons. The maximum atomic E-state index is 14.9. The molecule has 1 saturated heterocycles. The number of aromatic nitrogens is 4. The molecular formula is C24H23FN6O2. The smallest absolute Gasteiger partial charge is 0.258 e. The Morgan fingerprint density at radius 1 is 1.21 bits per heavy atom. The fraction of sp³-hybridized carbons (Fsp3) is 0.250. The molecule has 0 aliphatic carbocycles. The second-order valence-electron chi connectivity index (χ2n) is 8.13. The van der Waals surface area contributed by atoms with Crippen LogP contribution in [0.5, 0.6) is 0 Å². The van der Waals surface area contributed by atoms with Crippen LogP contribution in [0.1, 0.15) is 18.7 Å². The molecule has 33 heavy (non-hydrogen) atoms. The maximum absolute atomic E-state index is 14.9. The van der Waals surface area contributed by atoms with Crippen LogP contribution < -0.4 is 10.2 Å². The lowest BCUT2D eigenvalue weighted by Gasteiger charge is -2.34. The van der Waals surface area contributed by atoms with Gasteiger partial charge in [0.25, 0.3) is 5.89 Å². The van der Waals surface area contributed by atoms with Crippen LogP contribution >= 0.6 is 0 Å². The van der Waals surface area contributed by atoms with Gasteiger partial charge >= 0.3 is 0 Å². The highest BCUT2D eigenvalue weighted by Gasteiger charge is 2.27. The third-order valence-electron chi connectivity index (χ3n) is 5.82. The second kappa shape index (κ2) is 8.85. The van der Waals surface area contributed by atoms with E-state index in [1.165, 1.54) is 6.07 Å². The Balaban J connectivity index is 1.25. The Morgan fingerprint density at radius 2 is 2.03 bits per heavy atom. The SMILES string of the molecule is Cc1noc(-c2ccc(N3CCCC(C(=O)Nc4ccc(-c5cnc[nH]5)cc4)C3)c(F)c2)n1. The minimum absolute atomic E-state index is 0.0626. The number of hydrogen-bond acceptors (Lipinski definition) is 6. The van der Waals surface area contributed by atoms with Gasteiger partial charge in [-0.05, 0) is 55.7 Å². The van der Waals surface area contributed by atoms with Crippen molar-refractivity contribution in [1.29, 1.82) is 0 Å².